The Kier molecular flexibility index (Phi) is 22.6. The molecule has 0 heterocycles. The molecule has 4 nitrogen and oxygen atoms in total. The van der Waals surface area contributed by atoms with E-state index in [9.17, 15) is 10.1 Å². The highest BCUT2D eigenvalue weighted by atomic mass is 16.6. The maximum Gasteiger partial charge on any atom is 0.265 e. The van der Waals surface area contributed by atoms with Crippen molar-refractivity contribution in [1.29, 1.82) is 0 Å². The Morgan fingerprint density at radius 2 is 1.64 bits per heavy atom. The van der Waals surface area contributed by atoms with Gasteiger partial charge in [0, 0.05) is 24.0 Å². The number of para-hydroxylation sites is 1. The average molecular weight is 595 g/mol. The van der Waals surface area contributed by atoms with Crippen molar-refractivity contribution in [2.24, 2.45) is 0 Å². The van der Waals surface area contributed by atoms with E-state index < -0.39 is 4.92 Å². The minimum Gasteiger partial charge on any atom is -0.337 e. The summed E-state index contributed by atoms with van der Waals surface area (Å²) in [6.07, 6.45) is 26.1. The smallest absolute Gasteiger partial charge is 0.265 e. The van der Waals surface area contributed by atoms with Crippen LogP contribution in [-0.2, 0) is 0 Å². The fourth-order valence-electron chi connectivity index (χ4n) is 4.19. The number of benzene rings is 2. The van der Waals surface area contributed by atoms with Crippen molar-refractivity contribution in [3.63, 3.8) is 0 Å². The molecule has 1 aliphatic carbocycles. The van der Waals surface area contributed by atoms with Crippen molar-refractivity contribution >= 4 is 16.9 Å². The summed E-state index contributed by atoms with van der Waals surface area (Å²) in [6, 6.07) is 17.8. The van der Waals surface area contributed by atoms with Gasteiger partial charge in [-0.3, -0.25) is 10.1 Å². The van der Waals surface area contributed by atoms with Crippen LogP contribution in [0.4, 0.5) is 11.4 Å². The Morgan fingerprint density at radius 1 is 0.977 bits per heavy atom. The van der Waals surface area contributed by atoms with Gasteiger partial charge >= 0.3 is 0 Å². The molecule has 0 aliphatic heterocycles. The Hall–Kier alpha value is -4.44. The third-order valence-electron chi connectivity index (χ3n) is 6.60. The minimum absolute atomic E-state index is 0.0832. The van der Waals surface area contributed by atoms with Crippen LogP contribution >= 0.6 is 0 Å². The SMILES string of the molecule is C=C/C=C\C(=C/C)[N+](=O)[O-].C=C/C=C\CN(c1ccc(/C2=C/C=C\C/C=C\C2)cc1)c1ccccc1C(C)CC.CC.CC. The average Bonchev–Trinajstić information content (AvgIpc) is 3.05. The summed E-state index contributed by atoms with van der Waals surface area (Å²) >= 11 is 0. The van der Waals surface area contributed by atoms with Gasteiger partial charge in [0.1, 0.15) is 0 Å². The van der Waals surface area contributed by atoms with E-state index in [0.717, 1.165) is 25.8 Å². The van der Waals surface area contributed by atoms with Crippen molar-refractivity contribution in [3.8, 4) is 0 Å². The maximum absolute atomic E-state index is 10.1. The highest BCUT2D eigenvalue weighted by molar-refractivity contribution is 5.73. The number of rotatable bonds is 11. The zero-order valence-corrected chi connectivity index (χ0v) is 28.1. The van der Waals surface area contributed by atoms with Gasteiger partial charge in [-0.1, -0.05) is 146 Å². The van der Waals surface area contributed by atoms with Gasteiger partial charge < -0.3 is 4.90 Å². The number of nitrogens with zero attached hydrogens (tertiary/aromatic N) is 2. The predicted octanol–water partition coefficient (Wildman–Crippen LogP) is 12.3. The van der Waals surface area contributed by atoms with Gasteiger partial charge in [-0.05, 0) is 73.1 Å². The summed E-state index contributed by atoms with van der Waals surface area (Å²) in [5, 5.41) is 10.1. The molecule has 44 heavy (non-hydrogen) atoms. The van der Waals surface area contributed by atoms with Gasteiger partial charge in [-0.15, -0.1) is 0 Å². The number of nitro groups is 1. The third kappa shape index (κ3) is 14.2. The fourth-order valence-corrected chi connectivity index (χ4v) is 4.19. The molecule has 0 spiro atoms. The summed E-state index contributed by atoms with van der Waals surface area (Å²) in [5.41, 5.74) is 6.61. The minimum atomic E-state index is -0.444. The summed E-state index contributed by atoms with van der Waals surface area (Å²) in [7, 11) is 0. The normalized spacial score (nSPS) is 15.7. The maximum atomic E-state index is 10.1. The Morgan fingerprint density at radius 3 is 2.23 bits per heavy atom. The summed E-state index contributed by atoms with van der Waals surface area (Å²) in [4.78, 5) is 12.0. The Bertz CT molecular complexity index is 1290. The van der Waals surface area contributed by atoms with E-state index in [2.05, 4.69) is 117 Å². The molecule has 1 unspecified atom stereocenters. The number of allylic oxidation sites excluding steroid dienone is 12. The quantitative estimate of drug-likeness (QED) is 0.112. The predicted molar refractivity (Wildman–Crippen MR) is 196 cm³/mol. The van der Waals surface area contributed by atoms with Crippen LogP contribution in [0.3, 0.4) is 0 Å². The lowest BCUT2D eigenvalue weighted by Gasteiger charge is -2.28. The van der Waals surface area contributed by atoms with E-state index in [4.69, 9.17) is 0 Å². The second-order valence-corrected chi connectivity index (χ2v) is 9.29. The van der Waals surface area contributed by atoms with Crippen LogP contribution in [0.1, 0.15) is 84.8 Å². The number of anilines is 2. The summed E-state index contributed by atoms with van der Waals surface area (Å²) in [5.74, 6) is 0.519. The van der Waals surface area contributed by atoms with Gasteiger partial charge in [0.05, 0.1) is 4.92 Å². The summed E-state index contributed by atoms with van der Waals surface area (Å²) in [6.45, 7) is 22.2. The van der Waals surface area contributed by atoms with Crippen LogP contribution in [0.15, 0.2) is 140 Å². The lowest BCUT2D eigenvalue weighted by Crippen LogP contribution is -2.19. The lowest BCUT2D eigenvalue weighted by molar-refractivity contribution is -0.419. The Labute approximate surface area is 268 Å². The monoisotopic (exact) mass is 594 g/mol. The van der Waals surface area contributed by atoms with Crippen molar-refractivity contribution in [2.75, 3.05) is 11.4 Å². The van der Waals surface area contributed by atoms with Crippen LogP contribution in [-0.4, -0.2) is 11.5 Å². The molecule has 0 saturated carbocycles. The van der Waals surface area contributed by atoms with Crippen molar-refractivity contribution in [3.05, 3.63) is 162 Å². The van der Waals surface area contributed by atoms with E-state index in [-0.39, 0.29) is 5.70 Å². The van der Waals surface area contributed by atoms with E-state index >= 15 is 0 Å². The summed E-state index contributed by atoms with van der Waals surface area (Å²) < 4.78 is 0. The highest BCUT2D eigenvalue weighted by Crippen LogP contribution is 2.35. The van der Waals surface area contributed by atoms with Crippen LogP contribution in [0, 0.1) is 10.1 Å². The van der Waals surface area contributed by atoms with Gasteiger partial charge in [-0.2, -0.15) is 0 Å². The van der Waals surface area contributed by atoms with Gasteiger partial charge in [0.2, 0.25) is 0 Å². The molecule has 0 fully saturated rings. The molecule has 0 bridgehead atoms. The molecule has 0 N–H and O–H groups in total. The van der Waals surface area contributed by atoms with Crippen molar-refractivity contribution in [1.82, 2.24) is 0 Å². The van der Waals surface area contributed by atoms with E-state index in [1.165, 1.54) is 52.4 Å². The molecular formula is C40H54N2O2. The van der Waals surface area contributed by atoms with E-state index in [0.29, 0.717) is 5.92 Å². The highest BCUT2D eigenvalue weighted by Gasteiger charge is 2.15. The largest absolute Gasteiger partial charge is 0.337 e. The molecule has 3 rings (SSSR count). The van der Waals surface area contributed by atoms with Gasteiger partial charge in [-0.25, -0.2) is 0 Å². The van der Waals surface area contributed by atoms with E-state index in [1.807, 2.05) is 39.8 Å². The molecule has 236 valence electrons. The van der Waals surface area contributed by atoms with Crippen LogP contribution in [0.2, 0.25) is 0 Å². The van der Waals surface area contributed by atoms with Crippen molar-refractivity contribution in [2.45, 2.75) is 73.6 Å². The first kappa shape index (κ1) is 39.6. The molecule has 1 atom stereocenters. The Balaban J connectivity index is 0.00000112. The third-order valence-corrected chi connectivity index (χ3v) is 6.60. The zero-order valence-electron chi connectivity index (χ0n) is 28.1. The molecule has 0 amide bonds. The molecule has 0 radical (unpaired) electrons. The zero-order chi connectivity index (χ0) is 33.2. The molecule has 1 aliphatic rings. The first-order valence-electron chi connectivity index (χ1n) is 15.8. The van der Waals surface area contributed by atoms with Gasteiger partial charge in [0.25, 0.3) is 5.70 Å². The molecule has 0 saturated heterocycles. The lowest BCUT2D eigenvalue weighted by atomic mass is 9.95. The molecule has 0 aromatic heterocycles. The second-order valence-electron chi connectivity index (χ2n) is 9.29. The topological polar surface area (TPSA) is 46.4 Å². The van der Waals surface area contributed by atoms with Crippen LogP contribution in [0.25, 0.3) is 5.57 Å². The fraction of sp³-hybridized carbons (Fsp3) is 0.300. The number of hydrogen-bond donors (Lipinski definition) is 0. The molecule has 2 aromatic rings. The molecular weight excluding hydrogens is 540 g/mol. The number of hydrogen-bond acceptors (Lipinski definition) is 3. The van der Waals surface area contributed by atoms with Crippen molar-refractivity contribution < 1.29 is 4.92 Å². The van der Waals surface area contributed by atoms with E-state index in [1.54, 1.807) is 6.92 Å². The standard InChI is InChI=1S/C29H33N.C7H9NO2.2C2H6/c1-4-6-14-23-30(29-18-13-12-17-28(29)24(3)5-2)27-21-19-26(20-22-27)25-15-10-8-7-9-11-16-25;1-3-5-6-7(4-2)8(9)10;2*1-2/h4,6,8-15,17-22,24H,1,5,7,16,23H2,2-3H3;3-6H,1H2,2H3;2*1-2H3/b10-8-,11-9-,14-6-,25-15+;6-5-,7-4+;;. The second kappa shape index (κ2) is 25.1. The van der Waals surface area contributed by atoms with Gasteiger partial charge in [0.15, 0.2) is 0 Å². The molecule has 2 aromatic carbocycles. The van der Waals surface area contributed by atoms with Crippen LogP contribution in [0.5, 0.6) is 0 Å². The molecule has 4 heteroatoms. The first-order valence-corrected chi connectivity index (χ1v) is 15.8. The first-order chi connectivity index (χ1) is 21.5. The van der Waals surface area contributed by atoms with Crippen LogP contribution < -0.4 is 4.90 Å².